The number of guanidine groups is 1. The molecule has 3 N–H and O–H groups in total. The van der Waals surface area contributed by atoms with E-state index in [0.29, 0.717) is 37.3 Å². The summed E-state index contributed by atoms with van der Waals surface area (Å²) in [6.07, 6.45) is 6.19. The van der Waals surface area contributed by atoms with Crippen molar-refractivity contribution in [1.82, 2.24) is 29.8 Å². The number of amides is 2. The molecule has 4 aromatic rings. The van der Waals surface area contributed by atoms with Crippen LogP contribution in [0.15, 0.2) is 72.4 Å². The Morgan fingerprint density at radius 3 is 2.48 bits per heavy atom. The van der Waals surface area contributed by atoms with Crippen LogP contribution >= 0.6 is 11.6 Å². The Labute approximate surface area is 279 Å². The number of alkyl halides is 2. The summed E-state index contributed by atoms with van der Waals surface area (Å²) in [4.78, 5) is 37.7. The van der Waals surface area contributed by atoms with Gasteiger partial charge in [-0.05, 0) is 53.5 Å². The van der Waals surface area contributed by atoms with E-state index in [1.54, 1.807) is 42.5 Å². The molecular weight excluding hydrogens is 649 g/mol. The highest BCUT2D eigenvalue weighted by Crippen LogP contribution is 2.45. The van der Waals surface area contributed by atoms with E-state index in [9.17, 15) is 22.9 Å². The standard InChI is InChI=1S/C33H34ClF3N8O3/c1-32(2,3)17-33(22-7-4-19(5-8-22)21-13-40-44(15-21)29(35)36)28(46)45(30(38)42-33)27(16-48-31(47)41-23-9-10-23)20-6-11-25(34)24(12-20)26-14-39-18-43(26)37/h4-8,11-15,18,23,27,29H,9-10,16-17H2,1-3H3,(H2,38,42)(H,41,47)/t27-,33-/m1/s1. The highest BCUT2D eigenvalue weighted by atomic mass is 35.5. The van der Waals surface area contributed by atoms with Crippen molar-refractivity contribution < 1.29 is 27.6 Å². The first-order valence-electron chi connectivity index (χ1n) is 15.3. The molecular formula is C33H34ClF3N8O3. The number of rotatable bonds is 10. The Balaban J connectivity index is 1.39. The summed E-state index contributed by atoms with van der Waals surface area (Å²) in [5.74, 6) is -0.564. The molecule has 0 bridgehead atoms. The van der Waals surface area contributed by atoms with E-state index in [-0.39, 0.29) is 35.7 Å². The third-order valence-electron chi connectivity index (χ3n) is 8.24. The molecule has 1 fully saturated rings. The Morgan fingerprint density at radius 1 is 1.15 bits per heavy atom. The van der Waals surface area contributed by atoms with Crippen molar-refractivity contribution in [3.8, 4) is 22.4 Å². The first-order valence-corrected chi connectivity index (χ1v) is 15.7. The van der Waals surface area contributed by atoms with Gasteiger partial charge < -0.3 is 15.8 Å². The number of hydrogen-bond donors (Lipinski definition) is 2. The number of hydrogen-bond acceptors (Lipinski definition) is 7. The van der Waals surface area contributed by atoms with Crippen LogP contribution in [0.4, 0.5) is 18.1 Å². The van der Waals surface area contributed by atoms with Crippen LogP contribution in [0.2, 0.25) is 5.02 Å². The van der Waals surface area contributed by atoms with Crippen molar-refractivity contribution in [2.45, 2.75) is 64.2 Å². The lowest BCUT2D eigenvalue weighted by atomic mass is 9.75. The van der Waals surface area contributed by atoms with Gasteiger partial charge in [-0.3, -0.25) is 9.69 Å². The molecule has 11 nitrogen and oxygen atoms in total. The fourth-order valence-corrected chi connectivity index (χ4v) is 6.14. The highest BCUT2D eigenvalue weighted by molar-refractivity contribution is 6.33. The van der Waals surface area contributed by atoms with Crippen LogP contribution < -0.4 is 11.1 Å². The maximum absolute atomic E-state index is 14.8. The lowest BCUT2D eigenvalue weighted by molar-refractivity contribution is -0.135. The van der Waals surface area contributed by atoms with Crippen LogP contribution in [-0.2, 0) is 15.1 Å². The van der Waals surface area contributed by atoms with Crippen molar-refractivity contribution in [1.29, 1.82) is 0 Å². The van der Waals surface area contributed by atoms with Gasteiger partial charge in [0.2, 0.25) is 0 Å². The van der Waals surface area contributed by atoms with E-state index in [0.717, 1.165) is 19.2 Å². The van der Waals surface area contributed by atoms with E-state index < -0.39 is 35.5 Å². The number of nitrogens with one attached hydrogen (secondary N) is 1. The SMILES string of the molecule is CC(C)(C)C[C@]1(c2ccc(-c3cnn(C(F)F)c3)cc2)N=C(N)N([C@H](COC(=O)NC2CC2)c2ccc(Cl)c(-c3cncn3F)c2)C1=O. The monoisotopic (exact) mass is 682 g/mol. The van der Waals surface area contributed by atoms with Crippen LogP contribution in [0.25, 0.3) is 22.4 Å². The van der Waals surface area contributed by atoms with Gasteiger partial charge in [-0.15, -0.1) is 0 Å². The Bertz CT molecular complexity index is 1870. The summed E-state index contributed by atoms with van der Waals surface area (Å²) in [5.41, 5.74) is 7.16. The molecule has 2 amide bonds. The van der Waals surface area contributed by atoms with Crippen LogP contribution in [0.1, 0.15) is 63.8 Å². The van der Waals surface area contributed by atoms with Gasteiger partial charge >= 0.3 is 12.6 Å². The van der Waals surface area contributed by atoms with E-state index >= 15 is 0 Å². The fraction of sp³-hybridized carbons (Fsp3) is 0.364. The molecule has 0 saturated heterocycles. The molecule has 6 rings (SSSR count). The highest BCUT2D eigenvalue weighted by Gasteiger charge is 2.53. The summed E-state index contributed by atoms with van der Waals surface area (Å²) in [6.45, 7) is 2.84. The first kappa shape index (κ1) is 33.1. The topological polar surface area (TPSA) is 133 Å². The smallest absolute Gasteiger partial charge is 0.407 e. The normalized spacial score (nSPS) is 18.7. The number of carbonyl (C=O) groups is 2. The molecule has 1 aliphatic carbocycles. The van der Waals surface area contributed by atoms with Crippen molar-refractivity contribution in [2.24, 2.45) is 16.1 Å². The Morgan fingerprint density at radius 2 is 1.88 bits per heavy atom. The van der Waals surface area contributed by atoms with Crippen LogP contribution in [0.5, 0.6) is 0 Å². The zero-order chi connectivity index (χ0) is 34.4. The number of aromatic nitrogens is 4. The van der Waals surface area contributed by atoms with Gasteiger partial charge in [0.25, 0.3) is 5.91 Å². The minimum atomic E-state index is -2.78. The quantitative estimate of drug-likeness (QED) is 0.193. The maximum Gasteiger partial charge on any atom is 0.407 e. The number of nitrogens with zero attached hydrogens (tertiary/aromatic N) is 6. The molecule has 1 aliphatic heterocycles. The summed E-state index contributed by atoms with van der Waals surface area (Å²) >= 11 is 6.47. The lowest BCUT2D eigenvalue weighted by Gasteiger charge is -2.35. The van der Waals surface area contributed by atoms with Gasteiger partial charge in [-0.1, -0.05) is 67.2 Å². The number of imidazole rings is 1. The van der Waals surface area contributed by atoms with E-state index in [1.807, 2.05) is 20.8 Å². The maximum atomic E-state index is 14.8. The second kappa shape index (κ2) is 12.6. The number of nitrogens with two attached hydrogens (primary N) is 1. The first-order chi connectivity index (χ1) is 22.8. The molecule has 0 spiro atoms. The van der Waals surface area contributed by atoms with Gasteiger partial charge in [0.05, 0.1) is 23.5 Å². The molecule has 48 heavy (non-hydrogen) atoms. The molecule has 2 aliphatic rings. The number of aliphatic imine (C=N–C) groups is 1. The Kier molecular flexibility index (Phi) is 8.71. The van der Waals surface area contributed by atoms with Crippen molar-refractivity contribution >= 4 is 29.6 Å². The van der Waals surface area contributed by atoms with Gasteiger partial charge in [0.15, 0.2) is 11.5 Å². The van der Waals surface area contributed by atoms with E-state index in [1.165, 1.54) is 23.5 Å². The molecule has 0 radical (unpaired) electrons. The molecule has 3 heterocycles. The molecule has 1 saturated carbocycles. The second-order valence-corrected chi connectivity index (χ2v) is 13.6. The van der Waals surface area contributed by atoms with Crippen molar-refractivity contribution in [3.05, 3.63) is 83.5 Å². The molecule has 252 valence electrons. The van der Waals surface area contributed by atoms with Crippen LogP contribution in [0.3, 0.4) is 0 Å². The second-order valence-electron chi connectivity index (χ2n) is 13.2. The van der Waals surface area contributed by atoms with Gasteiger partial charge in [0, 0.05) is 23.4 Å². The fourth-order valence-electron chi connectivity index (χ4n) is 5.93. The van der Waals surface area contributed by atoms with Gasteiger partial charge in [0.1, 0.15) is 18.6 Å². The Hall–Kier alpha value is -4.85. The molecule has 2 aromatic carbocycles. The minimum absolute atomic E-state index is 0.0371. The minimum Gasteiger partial charge on any atom is -0.447 e. The predicted octanol–water partition coefficient (Wildman–Crippen LogP) is 6.61. The third-order valence-corrected chi connectivity index (χ3v) is 8.57. The molecule has 2 aromatic heterocycles. The van der Waals surface area contributed by atoms with Crippen molar-refractivity contribution in [3.63, 3.8) is 0 Å². The zero-order valence-corrected chi connectivity index (χ0v) is 27.2. The number of alkyl carbamates (subject to hydrolysis) is 1. The summed E-state index contributed by atoms with van der Waals surface area (Å²) in [5, 5.41) is 6.71. The number of halogens is 4. The average Bonchev–Trinajstić information content (AvgIpc) is 3.40. The predicted molar refractivity (Wildman–Crippen MR) is 173 cm³/mol. The van der Waals surface area contributed by atoms with E-state index in [4.69, 9.17) is 27.1 Å². The number of carbonyl (C=O) groups excluding carboxylic acids is 2. The van der Waals surface area contributed by atoms with Crippen LogP contribution in [-0.4, -0.2) is 55.1 Å². The van der Waals surface area contributed by atoms with Crippen LogP contribution in [0, 0.1) is 5.41 Å². The summed E-state index contributed by atoms with van der Waals surface area (Å²) < 4.78 is 47.0. The number of ether oxygens (including phenoxy) is 1. The number of benzene rings is 2. The zero-order valence-electron chi connectivity index (χ0n) is 26.4. The molecule has 15 heteroatoms. The van der Waals surface area contributed by atoms with Crippen molar-refractivity contribution in [2.75, 3.05) is 6.61 Å². The lowest BCUT2D eigenvalue weighted by Crippen LogP contribution is -2.47. The largest absolute Gasteiger partial charge is 0.447 e. The van der Waals surface area contributed by atoms with Gasteiger partial charge in [-0.25, -0.2) is 19.5 Å². The summed E-state index contributed by atoms with van der Waals surface area (Å²) in [7, 11) is 0. The molecule has 0 unspecified atom stereocenters. The summed E-state index contributed by atoms with van der Waals surface area (Å²) in [6, 6.07) is 10.7. The average molecular weight is 683 g/mol. The molecule has 2 atom stereocenters. The third kappa shape index (κ3) is 6.61. The van der Waals surface area contributed by atoms with Gasteiger partial charge in [-0.2, -0.15) is 18.7 Å². The van der Waals surface area contributed by atoms with E-state index in [2.05, 4.69) is 15.4 Å².